The average Bonchev–Trinajstić information content (AvgIpc) is 4.25. The highest BCUT2D eigenvalue weighted by Crippen LogP contribution is 2.54. The van der Waals surface area contributed by atoms with E-state index in [9.17, 15) is 93.7 Å². The molecule has 2 aliphatic carbocycles. The van der Waals surface area contributed by atoms with E-state index in [4.69, 9.17) is 0 Å². The normalized spacial score (nSPS) is 22.7. The van der Waals surface area contributed by atoms with Gasteiger partial charge in [-0.05, 0) is 133 Å². The SMILES string of the molecule is C[C@H](CC(=O)C1CC1)c1ccc(N2CCC(c3cc(C(F)(F)F)cc(C(F)(F)F)c3)(C(F)(F)F)C2)cc1.C[C@H](CC(=O)C1CC1)c1ccc(N2CCC(c3cc(C(F)(F)F)cc(C(F)(F)F)c3)(C(F)(F)F)C2O)cc1. The number of anilines is 2. The minimum atomic E-state index is -5.38. The quantitative estimate of drug-likeness (QED) is 0.143. The molecule has 4 aromatic rings. The lowest BCUT2D eigenvalue weighted by molar-refractivity contribution is -0.211. The summed E-state index contributed by atoms with van der Waals surface area (Å²) in [4.78, 5) is 26.4. The van der Waals surface area contributed by atoms with Gasteiger partial charge in [0.05, 0.1) is 22.3 Å². The Hall–Kier alpha value is -5.48. The third kappa shape index (κ3) is 12.2. The van der Waals surface area contributed by atoms with Gasteiger partial charge in [0.15, 0.2) is 0 Å². The lowest BCUT2D eigenvalue weighted by Gasteiger charge is -2.38. The van der Waals surface area contributed by atoms with Crippen molar-refractivity contribution >= 4 is 22.9 Å². The molecule has 8 rings (SSSR count). The van der Waals surface area contributed by atoms with E-state index < -0.39 is 113 Å². The number of hydrogen-bond donors (Lipinski definition) is 1. The van der Waals surface area contributed by atoms with Crippen LogP contribution in [0.4, 0.5) is 90.4 Å². The lowest BCUT2D eigenvalue weighted by atomic mass is 9.76. The van der Waals surface area contributed by atoms with Crippen LogP contribution in [0.25, 0.3) is 0 Å². The zero-order valence-corrected chi connectivity index (χ0v) is 39.7. The molecule has 0 bridgehead atoms. The van der Waals surface area contributed by atoms with E-state index in [1.807, 2.05) is 13.8 Å². The summed E-state index contributed by atoms with van der Waals surface area (Å²) in [6, 6.07) is 12.4. The molecule has 5 nitrogen and oxygen atoms in total. The van der Waals surface area contributed by atoms with Crippen molar-refractivity contribution in [2.45, 2.75) is 131 Å². The summed E-state index contributed by atoms with van der Waals surface area (Å²) in [6.45, 7) is 2.16. The first-order valence-corrected chi connectivity index (χ1v) is 23.6. The molecule has 0 amide bonds. The first kappa shape index (κ1) is 57.2. The van der Waals surface area contributed by atoms with E-state index in [0.29, 0.717) is 18.5 Å². The fraction of sp³-hybridized carbons (Fsp3) is 0.500. The van der Waals surface area contributed by atoms with Crippen LogP contribution in [0.5, 0.6) is 0 Å². The second-order valence-electron chi connectivity index (χ2n) is 20.0. The first-order valence-electron chi connectivity index (χ1n) is 23.6. The summed E-state index contributed by atoms with van der Waals surface area (Å²) < 4.78 is 247. The number of aliphatic hydroxyl groups excluding tert-OH is 1. The van der Waals surface area contributed by atoms with Crippen LogP contribution in [-0.2, 0) is 45.1 Å². The van der Waals surface area contributed by atoms with E-state index in [2.05, 4.69) is 0 Å². The van der Waals surface area contributed by atoms with Crippen molar-refractivity contribution in [3.05, 3.63) is 129 Å². The number of carbonyl (C=O) groups is 2. The monoisotopic (exact) mass is 1090 g/mol. The molecule has 4 aromatic carbocycles. The van der Waals surface area contributed by atoms with Gasteiger partial charge in [0, 0.05) is 55.7 Å². The topological polar surface area (TPSA) is 60.9 Å². The molecule has 2 aliphatic heterocycles. The van der Waals surface area contributed by atoms with Crippen LogP contribution in [0.3, 0.4) is 0 Å². The van der Waals surface area contributed by atoms with Crippen molar-refractivity contribution in [2.24, 2.45) is 11.8 Å². The number of rotatable bonds is 12. The van der Waals surface area contributed by atoms with E-state index in [1.165, 1.54) is 17.0 Å². The highest BCUT2D eigenvalue weighted by molar-refractivity contribution is 5.84. The van der Waals surface area contributed by atoms with Crippen LogP contribution < -0.4 is 9.80 Å². The maximum atomic E-state index is 14.5. The first-order chi connectivity index (χ1) is 34.5. The van der Waals surface area contributed by atoms with Gasteiger partial charge in [-0.25, -0.2) is 0 Å². The number of benzene rings is 4. The Morgan fingerprint density at radius 3 is 1.24 bits per heavy atom. The zero-order valence-electron chi connectivity index (χ0n) is 39.7. The van der Waals surface area contributed by atoms with Crippen molar-refractivity contribution in [1.29, 1.82) is 0 Å². The van der Waals surface area contributed by atoms with Gasteiger partial charge in [-0.15, -0.1) is 0 Å². The molecular formula is C52H48F18N2O3. The van der Waals surface area contributed by atoms with Gasteiger partial charge in [0.25, 0.3) is 0 Å². The fourth-order valence-corrected chi connectivity index (χ4v) is 9.93. The van der Waals surface area contributed by atoms with Crippen LogP contribution >= 0.6 is 0 Å². The minimum absolute atomic E-state index is 0.0249. The van der Waals surface area contributed by atoms with Crippen LogP contribution in [-0.4, -0.2) is 54.9 Å². The van der Waals surface area contributed by atoms with Crippen molar-refractivity contribution in [1.82, 2.24) is 0 Å². The summed E-state index contributed by atoms with van der Waals surface area (Å²) in [6.07, 6.45) is -31.7. The van der Waals surface area contributed by atoms with E-state index >= 15 is 0 Å². The van der Waals surface area contributed by atoms with Crippen molar-refractivity contribution < 1.29 is 93.7 Å². The van der Waals surface area contributed by atoms with E-state index in [1.54, 1.807) is 36.4 Å². The number of halogens is 18. The van der Waals surface area contributed by atoms with Gasteiger partial charge in [-0.1, -0.05) is 38.1 Å². The number of aliphatic hydroxyl groups is 1. The average molecular weight is 1090 g/mol. The predicted octanol–water partition coefficient (Wildman–Crippen LogP) is 15.1. The molecule has 410 valence electrons. The molecule has 23 heteroatoms. The third-order valence-corrected chi connectivity index (χ3v) is 14.7. The minimum Gasteiger partial charge on any atom is -0.372 e. The largest absolute Gasteiger partial charge is 0.416 e. The lowest BCUT2D eigenvalue weighted by Crippen LogP contribution is -2.52. The highest BCUT2D eigenvalue weighted by atomic mass is 19.4. The standard InChI is InChI=1S/C26H24F9NO2.C26H24F9NO/c1-14(10-21(37)16-2-3-16)15-4-6-20(7-5-15)36-9-8-23(22(36)38,26(33,34)35)17-11-18(24(27,28)29)13-19(12-17)25(30,31)32;1-15(10-22(37)17-2-3-17)16-4-6-21(7-5-16)36-9-8-23(14-36,26(33,34)35)18-11-19(24(27,28)29)13-20(12-18)25(30,31)32/h4-7,11-14,16,22,38H,2-3,8-10H2,1H3;4-7,11-13,15,17H,2-3,8-10,14H2,1H3/t14-,22?,23?;15-,23?/m11/s1. The van der Waals surface area contributed by atoms with Gasteiger partial charge in [0.2, 0.25) is 0 Å². The van der Waals surface area contributed by atoms with Crippen LogP contribution in [0.15, 0.2) is 84.9 Å². The molecular weight excluding hydrogens is 1040 g/mol. The van der Waals surface area contributed by atoms with E-state index in [0.717, 1.165) is 41.7 Å². The molecule has 4 aliphatic rings. The molecule has 0 radical (unpaired) electrons. The third-order valence-electron chi connectivity index (χ3n) is 14.7. The van der Waals surface area contributed by atoms with Gasteiger partial charge >= 0.3 is 37.1 Å². The summed E-state index contributed by atoms with van der Waals surface area (Å²) >= 11 is 0. The second-order valence-corrected chi connectivity index (χ2v) is 20.0. The number of Topliss-reactive ketones (excluding diaryl/α,β-unsaturated/α-hetero) is 2. The Balaban J connectivity index is 0.000000219. The number of hydrogen-bond acceptors (Lipinski definition) is 5. The zero-order chi connectivity index (χ0) is 55.6. The summed E-state index contributed by atoms with van der Waals surface area (Å²) in [5, 5.41) is 10.9. The number of ketones is 2. The van der Waals surface area contributed by atoms with Crippen LogP contribution in [0, 0.1) is 11.8 Å². The Kier molecular flexibility index (Phi) is 15.4. The molecule has 4 fully saturated rings. The molecule has 2 saturated heterocycles. The molecule has 0 spiro atoms. The number of carbonyl (C=O) groups excluding carboxylic acids is 2. The van der Waals surface area contributed by atoms with Gasteiger partial charge in [0.1, 0.15) is 28.6 Å². The van der Waals surface area contributed by atoms with Crippen molar-refractivity contribution in [3.8, 4) is 0 Å². The van der Waals surface area contributed by atoms with Gasteiger partial charge < -0.3 is 14.9 Å². The Labute approximate surface area is 417 Å². The molecule has 3 unspecified atom stereocenters. The summed E-state index contributed by atoms with van der Waals surface area (Å²) in [5.74, 6) is 0.217. The molecule has 1 N–H and O–H groups in total. The molecule has 5 atom stereocenters. The molecule has 2 heterocycles. The predicted molar refractivity (Wildman–Crippen MR) is 238 cm³/mol. The van der Waals surface area contributed by atoms with Gasteiger partial charge in [-0.3, -0.25) is 9.59 Å². The fourth-order valence-electron chi connectivity index (χ4n) is 9.93. The Morgan fingerprint density at radius 1 is 0.520 bits per heavy atom. The maximum absolute atomic E-state index is 14.5. The second kappa shape index (κ2) is 20.1. The number of alkyl halides is 18. The van der Waals surface area contributed by atoms with Crippen LogP contribution in [0.2, 0.25) is 0 Å². The highest BCUT2D eigenvalue weighted by Gasteiger charge is 2.65. The molecule has 2 saturated carbocycles. The Morgan fingerprint density at radius 2 is 0.893 bits per heavy atom. The van der Waals surface area contributed by atoms with Crippen LogP contribution in [0.1, 0.15) is 122 Å². The Bertz CT molecular complexity index is 2640. The summed E-state index contributed by atoms with van der Waals surface area (Å²) in [5.41, 5.74) is -14.0. The molecule has 75 heavy (non-hydrogen) atoms. The number of nitrogens with zero attached hydrogens (tertiary/aromatic N) is 2. The van der Waals surface area contributed by atoms with Crippen molar-refractivity contribution in [3.63, 3.8) is 0 Å². The van der Waals surface area contributed by atoms with Crippen molar-refractivity contribution in [2.75, 3.05) is 29.4 Å². The molecule has 0 aromatic heterocycles. The van der Waals surface area contributed by atoms with Gasteiger partial charge in [-0.2, -0.15) is 79.0 Å². The maximum Gasteiger partial charge on any atom is 0.416 e. The smallest absolute Gasteiger partial charge is 0.372 e. The summed E-state index contributed by atoms with van der Waals surface area (Å²) in [7, 11) is 0. The van der Waals surface area contributed by atoms with E-state index in [-0.39, 0.29) is 83.9 Å².